The van der Waals surface area contributed by atoms with Crippen molar-refractivity contribution in [3.63, 3.8) is 0 Å². The third-order valence-electron chi connectivity index (χ3n) is 1.54. The Hall–Kier alpha value is -2.04. The van der Waals surface area contributed by atoms with Gasteiger partial charge in [-0.3, -0.25) is 4.79 Å². The molecule has 0 fully saturated rings. The van der Waals surface area contributed by atoms with Gasteiger partial charge in [0.15, 0.2) is 5.71 Å². The van der Waals surface area contributed by atoms with Gasteiger partial charge in [-0.05, 0) is 12.1 Å². The molecule has 0 aliphatic rings. The van der Waals surface area contributed by atoms with Gasteiger partial charge in [0.1, 0.15) is 12.9 Å². The van der Waals surface area contributed by atoms with Gasteiger partial charge in [-0.15, -0.1) is 0 Å². The predicted octanol–water partition coefficient (Wildman–Crippen LogP) is 0.228. The van der Waals surface area contributed by atoms with Crippen molar-refractivity contribution >= 4 is 11.6 Å². The fraction of sp³-hybridized carbons (Fsp3) is 0.111. The third-order valence-corrected chi connectivity index (χ3v) is 1.54. The molecule has 0 aliphatic heterocycles. The molecule has 5 heteroatoms. The number of nitrogens with two attached hydrogens (primary N) is 1. The standard InChI is InChI=1S/C9H10N2O3/c1-14-11-8(9(10)13)6-3-2-4-7(12)5-6/h2-5,12H,1H3,(H2,10,13). The second-order valence-corrected chi connectivity index (χ2v) is 2.54. The van der Waals surface area contributed by atoms with Gasteiger partial charge in [0.05, 0.1) is 0 Å². The van der Waals surface area contributed by atoms with Gasteiger partial charge >= 0.3 is 0 Å². The van der Waals surface area contributed by atoms with Crippen LogP contribution in [0.3, 0.4) is 0 Å². The summed E-state index contributed by atoms with van der Waals surface area (Å²) in [5.74, 6) is -0.676. The summed E-state index contributed by atoms with van der Waals surface area (Å²) in [7, 11) is 1.31. The molecule has 0 radical (unpaired) electrons. The smallest absolute Gasteiger partial charge is 0.271 e. The molecule has 74 valence electrons. The molecule has 0 heterocycles. The van der Waals surface area contributed by atoms with Crippen LogP contribution in [0, 0.1) is 0 Å². The highest BCUT2D eigenvalue weighted by molar-refractivity contribution is 6.44. The lowest BCUT2D eigenvalue weighted by molar-refractivity contribution is -0.112. The van der Waals surface area contributed by atoms with Gasteiger partial charge in [0.25, 0.3) is 5.91 Å². The van der Waals surface area contributed by atoms with Gasteiger partial charge in [-0.25, -0.2) is 0 Å². The van der Waals surface area contributed by atoms with E-state index in [4.69, 9.17) is 10.8 Å². The highest BCUT2D eigenvalue weighted by Gasteiger charge is 2.11. The fourth-order valence-electron chi connectivity index (χ4n) is 0.984. The first-order valence-corrected chi connectivity index (χ1v) is 3.85. The maximum atomic E-state index is 10.9. The Kier molecular flexibility index (Phi) is 3.06. The number of phenolic OH excluding ortho intramolecular Hbond substituents is 1. The maximum Gasteiger partial charge on any atom is 0.271 e. The van der Waals surface area contributed by atoms with E-state index in [2.05, 4.69) is 9.99 Å². The topological polar surface area (TPSA) is 84.9 Å². The van der Waals surface area contributed by atoms with Crippen LogP contribution in [-0.2, 0) is 9.63 Å². The lowest BCUT2D eigenvalue weighted by Crippen LogP contribution is -2.24. The number of oxime groups is 1. The number of carbonyl (C=O) groups excluding carboxylic acids is 1. The first-order chi connectivity index (χ1) is 6.65. The minimum atomic E-state index is -0.711. The fourth-order valence-corrected chi connectivity index (χ4v) is 0.984. The lowest BCUT2D eigenvalue weighted by atomic mass is 10.1. The van der Waals surface area contributed by atoms with Crippen molar-refractivity contribution in [2.75, 3.05) is 7.11 Å². The van der Waals surface area contributed by atoms with E-state index in [1.165, 1.54) is 19.2 Å². The zero-order chi connectivity index (χ0) is 10.6. The molecule has 0 aliphatic carbocycles. The molecule has 1 aromatic carbocycles. The molecular weight excluding hydrogens is 184 g/mol. The van der Waals surface area contributed by atoms with E-state index in [9.17, 15) is 4.79 Å². The number of rotatable bonds is 3. The number of carbonyl (C=O) groups is 1. The van der Waals surface area contributed by atoms with Crippen LogP contribution in [0.1, 0.15) is 5.56 Å². The van der Waals surface area contributed by atoms with E-state index >= 15 is 0 Å². The van der Waals surface area contributed by atoms with Crippen molar-refractivity contribution < 1.29 is 14.7 Å². The summed E-state index contributed by atoms with van der Waals surface area (Å²) in [5.41, 5.74) is 5.46. The van der Waals surface area contributed by atoms with Gasteiger partial charge in [-0.2, -0.15) is 0 Å². The molecule has 0 atom stereocenters. The van der Waals surface area contributed by atoms with Crippen LogP contribution in [0.4, 0.5) is 0 Å². The Bertz CT molecular complexity index is 374. The first kappa shape index (κ1) is 10.0. The number of benzene rings is 1. The Morgan fingerprint density at radius 2 is 2.29 bits per heavy atom. The summed E-state index contributed by atoms with van der Waals surface area (Å²) in [5, 5.41) is 12.6. The number of hydrogen-bond donors (Lipinski definition) is 2. The summed E-state index contributed by atoms with van der Waals surface area (Å²) < 4.78 is 0. The average Bonchev–Trinajstić information content (AvgIpc) is 2.13. The molecule has 14 heavy (non-hydrogen) atoms. The van der Waals surface area contributed by atoms with E-state index in [0.29, 0.717) is 5.56 Å². The molecule has 0 aromatic heterocycles. The van der Waals surface area contributed by atoms with Gasteiger partial charge in [0.2, 0.25) is 0 Å². The number of primary amides is 1. The molecule has 3 N–H and O–H groups in total. The number of amides is 1. The summed E-state index contributed by atoms with van der Waals surface area (Å²) in [6, 6.07) is 6.04. The molecule has 0 unspecified atom stereocenters. The van der Waals surface area contributed by atoms with Crippen LogP contribution in [0.25, 0.3) is 0 Å². The largest absolute Gasteiger partial charge is 0.508 e. The molecule has 0 bridgehead atoms. The molecule has 0 spiro atoms. The van der Waals surface area contributed by atoms with Crippen LogP contribution >= 0.6 is 0 Å². The van der Waals surface area contributed by atoms with Crippen LogP contribution in [0.2, 0.25) is 0 Å². The summed E-state index contributed by atoms with van der Waals surface area (Å²) in [4.78, 5) is 15.4. The number of hydrogen-bond acceptors (Lipinski definition) is 4. The Morgan fingerprint density at radius 1 is 1.57 bits per heavy atom. The summed E-state index contributed by atoms with van der Waals surface area (Å²) >= 11 is 0. The second-order valence-electron chi connectivity index (χ2n) is 2.54. The number of aromatic hydroxyl groups is 1. The Balaban J connectivity index is 3.12. The van der Waals surface area contributed by atoms with Crippen molar-refractivity contribution in [1.29, 1.82) is 0 Å². The third kappa shape index (κ3) is 2.22. The van der Waals surface area contributed by atoms with E-state index in [1.807, 2.05) is 0 Å². The minimum Gasteiger partial charge on any atom is -0.508 e. The normalized spacial score (nSPS) is 11.1. The van der Waals surface area contributed by atoms with Gasteiger partial charge < -0.3 is 15.7 Å². The van der Waals surface area contributed by atoms with Crippen molar-refractivity contribution in [2.45, 2.75) is 0 Å². The molecule has 1 amide bonds. The molecule has 1 rings (SSSR count). The quantitative estimate of drug-likeness (QED) is 0.533. The monoisotopic (exact) mass is 194 g/mol. The lowest BCUT2D eigenvalue weighted by Gasteiger charge is -2.01. The minimum absolute atomic E-state index is 0.0246. The maximum absolute atomic E-state index is 10.9. The molecular formula is C9H10N2O3. The van der Waals surface area contributed by atoms with Crippen molar-refractivity contribution in [1.82, 2.24) is 0 Å². The number of nitrogens with zero attached hydrogens (tertiary/aromatic N) is 1. The molecule has 1 aromatic rings. The Labute approximate surface area is 80.8 Å². The van der Waals surface area contributed by atoms with Crippen LogP contribution in [-0.4, -0.2) is 23.8 Å². The number of phenols is 1. The van der Waals surface area contributed by atoms with E-state index in [-0.39, 0.29) is 11.5 Å². The summed E-state index contributed by atoms with van der Waals surface area (Å²) in [6.07, 6.45) is 0. The molecule has 0 saturated carbocycles. The van der Waals surface area contributed by atoms with Crippen molar-refractivity contribution in [3.8, 4) is 5.75 Å². The highest BCUT2D eigenvalue weighted by Crippen LogP contribution is 2.11. The Morgan fingerprint density at radius 3 is 2.79 bits per heavy atom. The van der Waals surface area contributed by atoms with E-state index < -0.39 is 5.91 Å². The van der Waals surface area contributed by atoms with E-state index in [0.717, 1.165) is 0 Å². The van der Waals surface area contributed by atoms with Crippen molar-refractivity contribution in [3.05, 3.63) is 29.8 Å². The predicted molar refractivity (Wildman–Crippen MR) is 50.8 cm³/mol. The average molecular weight is 194 g/mol. The zero-order valence-corrected chi connectivity index (χ0v) is 7.60. The SMILES string of the molecule is CON=C(C(N)=O)c1cccc(O)c1. The van der Waals surface area contributed by atoms with E-state index in [1.54, 1.807) is 12.1 Å². The first-order valence-electron chi connectivity index (χ1n) is 3.85. The highest BCUT2D eigenvalue weighted by atomic mass is 16.6. The molecule has 5 nitrogen and oxygen atoms in total. The second kappa shape index (κ2) is 4.27. The molecule has 0 saturated heterocycles. The van der Waals surface area contributed by atoms with Crippen LogP contribution in [0.5, 0.6) is 5.75 Å². The van der Waals surface area contributed by atoms with Crippen molar-refractivity contribution in [2.24, 2.45) is 10.9 Å². The zero-order valence-electron chi connectivity index (χ0n) is 7.60. The van der Waals surface area contributed by atoms with Crippen LogP contribution < -0.4 is 5.73 Å². The van der Waals surface area contributed by atoms with Gasteiger partial charge in [-0.1, -0.05) is 17.3 Å². The van der Waals surface area contributed by atoms with Crippen LogP contribution in [0.15, 0.2) is 29.4 Å². The summed E-state index contributed by atoms with van der Waals surface area (Å²) in [6.45, 7) is 0. The van der Waals surface area contributed by atoms with Gasteiger partial charge in [0, 0.05) is 5.56 Å².